The van der Waals surface area contributed by atoms with Crippen molar-refractivity contribution in [1.82, 2.24) is 15.1 Å². The topological polar surface area (TPSA) is 69.6 Å². The van der Waals surface area contributed by atoms with Crippen molar-refractivity contribution in [2.24, 2.45) is 4.99 Å². The monoisotopic (exact) mass is 429 g/mol. The Balaban J connectivity index is 1.38. The molecule has 1 N–H and O–H groups in total. The van der Waals surface area contributed by atoms with Crippen LogP contribution in [0.1, 0.15) is 25.3 Å². The number of rotatable bonds is 5. The second kappa shape index (κ2) is 10.8. The molecule has 1 atom stereocenters. The number of amides is 1. The molecule has 0 spiro atoms. The Morgan fingerprint density at radius 1 is 1.06 bits per heavy atom. The van der Waals surface area contributed by atoms with E-state index < -0.39 is 0 Å². The minimum absolute atomic E-state index is 0.151. The van der Waals surface area contributed by atoms with Crippen LogP contribution >= 0.6 is 0 Å². The summed E-state index contributed by atoms with van der Waals surface area (Å²) < 4.78 is 11.1. The first-order valence-electron chi connectivity index (χ1n) is 11.6. The lowest BCUT2D eigenvalue weighted by Crippen LogP contribution is -2.55. The lowest BCUT2D eigenvalue weighted by atomic mass is 10.1. The van der Waals surface area contributed by atoms with Gasteiger partial charge in [-0.15, -0.1) is 0 Å². The molecule has 0 bridgehead atoms. The fraction of sp³-hybridized carbons (Fsp3) is 0.652. The Bertz CT molecular complexity index is 751. The van der Waals surface area contributed by atoms with Crippen molar-refractivity contribution in [3.05, 3.63) is 29.8 Å². The van der Waals surface area contributed by atoms with Crippen molar-refractivity contribution in [1.29, 1.82) is 0 Å². The van der Waals surface area contributed by atoms with Gasteiger partial charge in [0.15, 0.2) is 5.96 Å². The first-order valence-corrected chi connectivity index (χ1v) is 11.6. The van der Waals surface area contributed by atoms with Gasteiger partial charge in [-0.05, 0) is 31.4 Å². The minimum Gasteiger partial charge on any atom is -0.378 e. The Hall–Kier alpha value is -2.32. The summed E-state index contributed by atoms with van der Waals surface area (Å²) in [6.45, 7) is 10.6. The summed E-state index contributed by atoms with van der Waals surface area (Å²) in [6, 6.07) is 8.51. The van der Waals surface area contributed by atoms with E-state index in [0.29, 0.717) is 26.2 Å². The summed E-state index contributed by atoms with van der Waals surface area (Å²) in [7, 11) is 0. The number of hydrogen-bond acceptors (Lipinski definition) is 5. The maximum Gasteiger partial charge on any atom is 0.251 e. The summed E-state index contributed by atoms with van der Waals surface area (Å²) in [4.78, 5) is 24.2. The van der Waals surface area contributed by atoms with Crippen LogP contribution < -0.4 is 10.2 Å². The molecule has 1 amide bonds. The molecule has 3 fully saturated rings. The van der Waals surface area contributed by atoms with Gasteiger partial charge in [-0.25, -0.2) is 4.99 Å². The number of morpholine rings is 1. The molecule has 3 aliphatic heterocycles. The van der Waals surface area contributed by atoms with Gasteiger partial charge >= 0.3 is 0 Å². The fourth-order valence-electron chi connectivity index (χ4n) is 4.46. The van der Waals surface area contributed by atoms with Crippen LogP contribution in [-0.4, -0.2) is 93.4 Å². The van der Waals surface area contributed by atoms with Crippen LogP contribution in [0.5, 0.6) is 0 Å². The fourth-order valence-corrected chi connectivity index (χ4v) is 4.46. The van der Waals surface area contributed by atoms with Crippen molar-refractivity contribution < 1.29 is 14.3 Å². The van der Waals surface area contributed by atoms with E-state index in [9.17, 15) is 4.79 Å². The lowest BCUT2D eigenvalue weighted by molar-refractivity contribution is -0.142. The van der Waals surface area contributed by atoms with E-state index >= 15 is 0 Å². The average molecular weight is 430 g/mol. The van der Waals surface area contributed by atoms with Gasteiger partial charge in [0, 0.05) is 58.1 Å². The zero-order valence-corrected chi connectivity index (χ0v) is 18.6. The van der Waals surface area contributed by atoms with Crippen LogP contribution in [0.3, 0.4) is 0 Å². The van der Waals surface area contributed by atoms with E-state index in [-0.39, 0.29) is 12.0 Å². The van der Waals surface area contributed by atoms with Gasteiger partial charge in [0.1, 0.15) is 6.10 Å². The minimum atomic E-state index is -0.231. The first-order chi connectivity index (χ1) is 15.3. The number of nitrogens with zero attached hydrogens (tertiary/aromatic N) is 4. The number of hydrogen-bond donors (Lipinski definition) is 1. The van der Waals surface area contributed by atoms with Crippen molar-refractivity contribution in [2.45, 2.75) is 32.4 Å². The molecule has 1 aromatic rings. The number of carbonyl (C=O) groups excluding carboxylic acids is 1. The number of aliphatic imine (C=N–C) groups is 1. The van der Waals surface area contributed by atoms with Gasteiger partial charge in [-0.2, -0.15) is 0 Å². The van der Waals surface area contributed by atoms with Gasteiger partial charge in [0.25, 0.3) is 5.91 Å². The van der Waals surface area contributed by atoms with Gasteiger partial charge in [0.05, 0.1) is 19.8 Å². The van der Waals surface area contributed by atoms with Crippen LogP contribution in [0.25, 0.3) is 0 Å². The highest BCUT2D eigenvalue weighted by atomic mass is 16.5. The molecule has 3 heterocycles. The smallest absolute Gasteiger partial charge is 0.251 e. The van der Waals surface area contributed by atoms with Gasteiger partial charge < -0.3 is 29.5 Å². The van der Waals surface area contributed by atoms with Crippen molar-refractivity contribution in [3.8, 4) is 0 Å². The Labute approximate surface area is 185 Å². The molecule has 31 heavy (non-hydrogen) atoms. The molecule has 8 heteroatoms. The van der Waals surface area contributed by atoms with Crippen LogP contribution in [-0.2, 0) is 20.8 Å². The molecular formula is C23H35N5O3. The van der Waals surface area contributed by atoms with E-state index in [4.69, 9.17) is 14.5 Å². The number of nitrogens with one attached hydrogen (secondary N) is 1. The number of para-hydroxylation sites is 1. The second-order valence-electron chi connectivity index (χ2n) is 8.21. The Morgan fingerprint density at radius 3 is 2.52 bits per heavy atom. The van der Waals surface area contributed by atoms with Crippen LogP contribution in [0.15, 0.2) is 29.3 Å². The third-order valence-electron chi connectivity index (χ3n) is 6.17. The number of ether oxygens (including phenoxy) is 2. The highest BCUT2D eigenvalue weighted by Crippen LogP contribution is 2.22. The molecule has 0 aromatic heterocycles. The Kier molecular flexibility index (Phi) is 7.64. The summed E-state index contributed by atoms with van der Waals surface area (Å²) in [5, 5.41) is 3.43. The molecular weight excluding hydrogens is 394 g/mol. The number of benzene rings is 1. The van der Waals surface area contributed by atoms with Crippen molar-refractivity contribution in [3.63, 3.8) is 0 Å². The molecule has 0 saturated carbocycles. The molecule has 1 unspecified atom stereocenters. The summed E-state index contributed by atoms with van der Waals surface area (Å²) >= 11 is 0. The largest absolute Gasteiger partial charge is 0.378 e. The third-order valence-corrected chi connectivity index (χ3v) is 6.17. The predicted molar refractivity (Wildman–Crippen MR) is 121 cm³/mol. The summed E-state index contributed by atoms with van der Waals surface area (Å²) in [5.74, 6) is 1.07. The highest BCUT2D eigenvalue weighted by molar-refractivity contribution is 5.83. The van der Waals surface area contributed by atoms with E-state index in [0.717, 1.165) is 64.7 Å². The molecule has 4 rings (SSSR count). The molecule has 170 valence electrons. The van der Waals surface area contributed by atoms with Crippen LogP contribution in [0, 0.1) is 0 Å². The van der Waals surface area contributed by atoms with Crippen LogP contribution in [0.4, 0.5) is 5.69 Å². The molecule has 1 aromatic carbocycles. The van der Waals surface area contributed by atoms with Crippen LogP contribution in [0.2, 0.25) is 0 Å². The molecule has 8 nitrogen and oxygen atoms in total. The second-order valence-corrected chi connectivity index (χ2v) is 8.21. The Morgan fingerprint density at radius 2 is 1.81 bits per heavy atom. The highest BCUT2D eigenvalue weighted by Gasteiger charge is 2.31. The SMILES string of the molecule is CCNC(=NCc1ccccc1N1CCOCC1)N1CCN(C(=O)C2CCCO2)CC1. The van der Waals surface area contributed by atoms with E-state index in [1.807, 2.05) is 4.90 Å². The zero-order valence-electron chi connectivity index (χ0n) is 18.6. The van der Waals surface area contributed by atoms with E-state index in [1.54, 1.807) is 0 Å². The lowest BCUT2D eigenvalue weighted by Gasteiger charge is -2.37. The number of anilines is 1. The summed E-state index contributed by atoms with van der Waals surface area (Å²) in [6.07, 6.45) is 1.61. The number of guanidine groups is 1. The van der Waals surface area contributed by atoms with Gasteiger partial charge in [-0.3, -0.25) is 4.79 Å². The average Bonchev–Trinajstić information content (AvgIpc) is 3.37. The van der Waals surface area contributed by atoms with Gasteiger partial charge in [-0.1, -0.05) is 18.2 Å². The molecule has 3 aliphatic rings. The quantitative estimate of drug-likeness (QED) is 0.562. The van der Waals surface area contributed by atoms with E-state index in [2.05, 4.69) is 46.3 Å². The molecule has 3 saturated heterocycles. The standard InChI is InChI=1S/C23H35N5O3/c1-2-24-23(28-11-9-27(10-12-28)22(29)21-8-5-15-31-21)25-18-19-6-3-4-7-20(19)26-13-16-30-17-14-26/h3-4,6-7,21H,2,5,8-18H2,1H3,(H,24,25). The third kappa shape index (κ3) is 5.49. The first kappa shape index (κ1) is 21.9. The van der Waals surface area contributed by atoms with Crippen molar-refractivity contribution >= 4 is 17.6 Å². The number of piperazine rings is 1. The maximum atomic E-state index is 12.6. The zero-order chi connectivity index (χ0) is 21.5. The number of carbonyl (C=O) groups is 1. The normalized spacial score (nSPS) is 22.7. The molecule has 0 radical (unpaired) electrons. The van der Waals surface area contributed by atoms with Crippen molar-refractivity contribution in [2.75, 3.05) is 70.5 Å². The van der Waals surface area contributed by atoms with E-state index in [1.165, 1.54) is 11.3 Å². The predicted octanol–water partition coefficient (Wildman–Crippen LogP) is 1.31. The molecule has 0 aliphatic carbocycles. The van der Waals surface area contributed by atoms with Gasteiger partial charge in [0.2, 0.25) is 0 Å². The maximum absolute atomic E-state index is 12.6. The summed E-state index contributed by atoms with van der Waals surface area (Å²) in [5.41, 5.74) is 2.48.